The molecular weight excluding hydrogens is 324 g/mol. The van der Waals surface area contributed by atoms with Crippen LogP contribution in [0.2, 0.25) is 5.02 Å². The van der Waals surface area contributed by atoms with Crippen LogP contribution < -0.4 is 0 Å². The molecule has 0 bridgehead atoms. The standard InChI is InChI=1S/C17H14ClF2NO2/c18-12-6-4-11(5-7-12)15-10-21(8-9-23-15)17(22)16-13(19)2-1-3-14(16)20/h1-7,15H,8-10H2/t15-/m0/s1. The zero-order valence-electron chi connectivity index (χ0n) is 12.1. The number of carbonyl (C=O) groups excluding carboxylic acids is 1. The monoisotopic (exact) mass is 337 g/mol. The van der Waals surface area contributed by atoms with Crippen molar-refractivity contribution >= 4 is 17.5 Å². The van der Waals surface area contributed by atoms with E-state index >= 15 is 0 Å². The van der Waals surface area contributed by atoms with Gasteiger partial charge in [-0.25, -0.2) is 8.78 Å². The minimum absolute atomic E-state index is 0.230. The van der Waals surface area contributed by atoms with Crippen LogP contribution in [-0.2, 0) is 4.74 Å². The fourth-order valence-electron chi connectivity index (χ4n) is 2.57. The molecule has 0 spiro atoms. The lowest BCUT2D eigenvalue weighted by atomic mass is 10.1. The molecule has 120 valence electrons. The Morgan fingerprint density at radius 3 is 2.43 bits per heavy atom. The molecule has 3 nitrogen and oxygen atoms in total. The van der Waals surface area contributed by atoms with Crippen molar-refractivity contribution in [3.8, 4) is 0 Å². The highest BCUT2D eigenvalue weighted by Gasteiger charge is 2.29. The molecule has 1 fully saturated rings. The van der Waals surface area contributed by atoms with Crippen LogP contribution in [0.4, 0.5) is 8.78 Å². The number of halogens is 3. The minimum Gasteiger partial charge on any atom is -0.370 e. The van der Waals surface area contributed by atoms with Gasteiger partial charge in [0.05, 0.1) is 13.2 Å². The van der Waals surface area contributed by atoms with Crippen LogP contribution in [0.25, 0.3) is 0 Å². The third kappa shape index (κ3) is 3.35. The summed E-state index contributed by atoms with van der Waals surface area (Å²) in [6, 6.07) is 10.5. The Kier molecular flexibility index (Phi) is 4.59. The highest BCUT2D eigenvalue weighted by Crippen LogP contribution is 2.25. The molecule has 0 unspecified atom stereocenters. The predicted octanol–water partition coefficient (Wildman–Crippen LogP) is 3.83. The Labute approximate surface area is 137 Å². The number of ether oxygens (including phenoxy) is 1. The van der Waals surface area contributed by atoms with Crippen LogP contribution in [-0.4, -0.2) is 30.5 Å². The lowest BCUT2D eigenvalue weighted by molar-refractivity contribution is -0.0231. The molecule has 3 rings (SSSR count). The lowest BCUT2D eigenvalue weighted by Gasteiger charge is -2.33. The number of amides is 1. The molecule has 0 aromatic heterocycles. The summed E-state index contributed by atoms with van der Waals surface area (Å²) in [6.07, 6.45) is -0.347. The van der Waals surface area contributed by atoms with E-state index in [1.807, 2.05) is 12.1 Å². The average Bonchev–Trinajstić information content (AvgIpc) is 2.55. The fourth-order valence-corrected chi connectivity index (χ4v) is 2.70. The van der Waals surface area contributed by atoms with E-state index in [0.717, 1.165) is 17.7 Å². The average molecular weight is 338 g/mol. The summed E-state index contributed by atoms with van der Waals surface area (Å²) in [5.74, 6) is -2.38. The van der Waals surface area contributed by atoms with Crippen molar-refractivity contribution in [2.24, 2.45) is 0 Å². The highest BCUT2D eigenvalue weighted by atomic mass is 35.5. The highest BCUT2D eigenvalue weighted by molar-refractivity contribution is 6.30. The first-order valence-electron chi connectivity index (χ1n) is 7.16. The second-order valence-electron chi connectivity index (χ2n) is 5.26. The summed E-state index contributed by atoms with van der Waals surface area (Å²) in [5.41, 5.74) is 0.338. The quantitative estimate of drug-likeness (QED) is 0.833. The van der Waals surface area contributed by atoms with Gasteiger partial charge in [0, 0.05) is 11.6 Å². The van der Waals surface area contributed by atoms with Crippen LogP contribution in [0.15, 0.2) is 42.5 Å². The molecule has 0 radical (unpaired) electrons. The van der Waals surface area contributed by atoms with E-state index in [4.69, 9.17) is 16.3 Å². The smallest absolute Gasteiger partial charge is 0.260 e. The van der Waals surface area contributed by atoms with Gasteiger partial charge < -0.3 is 9.64 Å². The molecule has 1 aliphatic heterocycles. The minimum atomic E-state index is -0.857. The van der Waals surface area contributed by atoms with E-state index in [-0.39, 0.29) is 19.2 Å². The number of hydrogen-bond donors (Lipinski definition) is 0. The van der Waals surface area contributed by atoms with Gasteiger partial charge in [-0.15, -0.1) is 0 Å². The second-order valence-corrected chi connectivity index (χ2v) is 5.70. The molecule has 1 atom stereocenters. The predicted molar refractivity (Wildman–Crippen MR) is 82.4 cm³/mol. The van der Waals surface area contributed by atoms with Gasteiger partial charge >= 0.3 is 0 Å². The van der Waals surface area contributed by atoms with Crippen molar-refractivity contribution in [3.63, 3.8) is 0 Å². The number of nitrogens with zero attached hydrogens (tertiary/aromatic N) is 1. The second kappa shape index (κ2) is 6.64. The maximum Gasteiger partial charge on any atom is 0.260 e. The summed E-state index contributed by atoms with van der Waals surface area (Å²) in [5, 5.41) is 0.603. The van der Waals surface area contributed by atoms with Gasteiger partial charge in [-0.2, -0.15) is 0 Å². The van der Waals surface area contributed by atoms with Gasteiger partial charge in [0.15, 0.2) is 0 Å². The normalized spacial score (nSPS) is 18.0. The summed E-state index contributed by atoms with van der Waals surface area (Å²) in [7, 11) is 0. The van der Waals surface area contributed by atoms with Crippen LogP contribution in [0.5, 0.6) is 0 Å². The fraction of sp³-hybridized carbons (Fsp3) is 0.235. The molecule has 1 aliphatic rings. The lowest BCUT2D eigenvalue weighted by Crippen LogP contribution is -2.42. The molecule has 0 N–H and O–H groups in total. The van der Waals surface area contributed by atoms with Gasteiger partial charge in [0.1, 0.15) is 23.3 Å². The third-order valence-corrected chi connectivity index (χ3v) is 4.02. The van der Waals surface area contributed by atoms with Crippen LogP contribution in [0, 0.1) is 11.6 Å². The molecule has 6 heteroatoms. The maximum absolute atomic E-state index is 13.8. The number of morpholine rings is 1. The molecule has 1 heterocycles. The summed E-state index contributed by atoms with van der Waals surface area (Å²) in [4.78, 5) is 13.8. The van der Waals surface area contributed by atoms with Gasteiger partial charge in [-0.3, -0.25) is 4.79 Å². The number of hydrogen-bond acceptors (Lipinski definition) is 2. The SMILES string of the molecule is O=C(c1c(F)cccc1F)N1CCO[C@H](c2ccc(Cl)cc2)C1. The molecule has 2 aromatic rings. The van der Waals surface area contributed by atoms with Crippen molar-refractivity contribution in [1.29, 1.82) is 0 Å². The van der Waals surface area contributed by atoms with Crippen molar-refractivity contribution in [3.05, 3.63) is 70.2 Å². The number of benzene rings is 2. The molecule has 1 saturated heterocycles. The Hall–Kier alpha value is -1.98. The van der Waals surface area contributed by atoms with Crippen LogP contribution in [0.1, 0.15) is 22.0 Å². The van der Waals surface area contributed by atoms with Gasteiger partial charge in [-0.05, 0) is 29.8 Å². The summed E-state index contributed by atoms with van der Waals surface area (Å²) in [6.45, 7) is 0.819. The Morgan fingerprint density at radius 1 is 1.13 bits per heavy atom. The molecule has 2 aromatic carbocycles. The molecule has 1 amide bonds. The van der Waals surface area contributed by atoms with E-state index in [9.17, 15) is 13.6 Å². The first kappa shape index (κ1) is 15.9. The Balaban J connectivity index is 1.81. The van der Waals surface area contributed by atoms with E-state index < -0.39 is 23.1 Å². The first-order valence-corrected chi connectivity index (χ1v) is 7.54. The van der Waals surface area contributed by atoms with Gasteiger partial charge in [0.2, 0.25) is 0 Å². The molecule has 0 aliphatic carbocycles. The molecular formula is C17H14ClF2NO2. The largest absolute Gasteiger partial charge is 0.370 e. The van der Waals surface area contributed by atoms with E-state index in [1.54, 1.807) is 12.1 Å². The van der Waals surface area contributed by atoms with Gasteiger partial charge in [0.25, 0.3) is 5.91 Å². The number of rotatable bonds is 2. The van der Waals surface area contributed by atoms with Crippen molar-refractivity contribution in [2.45, 2.75) is 6.10 Å². The first-order chi connectivity index (χ1) is 11.1. The van der Waals surface area contributed by atoms with E-state index in [1.165, 1.54) is 11.0 Å². The zero-order valence-corrected chi connectivity index (χ0v) is 12.9. The van der Waals surface area contributed by atoms with Gasteiger partial charge in [-0.1, -0.05) is 29.8 Å². The van der Waals surface area contributed by atoms with Crippen molar-refractivity contribution < 1.29 is 18.3 Å². The zero-order chi connectivity index (χ0) is 16.4. The van der Waals surface area contributed by atoms with Crippen molar-refractivity contribution in [2.75, 3.05) is 19.7 Å². The maximum atomic E-state index is 13.8. The molecule has 23 heavy (non-hydrogen) atoms. The molecule has 0 saturated carbocycles. The topological polar surface area (TPSA) is 29.5 Å². The summed E-state index contributed by atoms with van der Waals surface area (Å²) >= 11 is 5.86. The van der Waals surface area contributed by atoms with Crippen LogP contribution in [0.3, 0.4) is 0 Å². The third-order valence-electron chi connectivity index (χ3n) is 3.77. The van der Waals surface area contributed by atoms with Crippen molar-refractivity contribution in [1.82, 2.24) is 4.90 Å². The van der Waals surface area contributed by atoms with E-state index in [2.05, 4.69) is 0 Å². The van der Waals surface area contributed by atoms with E-state index in [0.29, 0.717) is 11.6 Å². The Morgan fingerprint density at radius 2 is 1.78 bits per heavy atom. The summed E-state index contributed by atoms with van der Waals surface area (Å²) < 4.78 is 33.2. The Bertz CT molecular complexity index is 701. The van der Waals surface area contributed by atoms with Crippen LogP contribution >= 0.6 is 11.6 Å². The number of carbonyl (C=O) groups is 1.